The molecular formula is C30H21N6Na3O12S3. The minimum Gasteiger partial charge on any atom is -0.857 e. The maximum atomic E-state index is 13.0. The van der Waals surface area contributed by atoms with Crippen molar-refractivity contribution in [3.8, 4) is 0 Å². The third-order valence-electron chi connectivity index (χ3n) is 6.30. The Morgan fingerprint density at radius 3 is 0.889 bits per heavy atom. The molecule has 0 atom stereocenters. The standard InChI is InChI=1S/C30H24N6O12S3.3Na/c37-28(34-31-16-19-7-1-4-10-25(19)49(40,41)42)22-13-23(29(38)35-32-17-20-8-2-5-11-26(20)50(43,44)45)15-24(14-22)30(39)36-33-18-21-9-3-6-12-27(21)51(46,47)48;;;/h1-18H,(H,34,37)(H,35,38)(H,36,39)(H,40,41,42)(H,43,44,45)(H,46,47,48);;;/q;3*+1/p-3/b31-16-,32-17-,33-18-;;;. The van der Waals surface area contributed by atoms with Crippen LogP contribution in [0.1, 0.15) is 33.4 Å². The summed E-state index contributed by atoms with van der Waals surface area (Å²) in [5, 5.41) is 59.8. The van der Waals surface area contributed by atoms with Gasteiger partial charge in [0, 0.05) is 34.4 Å². The Hall–Kier alpha value is -2.97. The number of benzene rings is 4. The summed E-state index contributed by atoms with van der Waals surface area (Å²) in [6.45, 7) is 0. The number of hydrogen-bond donors (Lipinski definition) is 3. The topological polar surface area (TPSA) is 306 Å². The Bertz CT molecular complexity index is 2220. The molecule has 0 bridgehead atoms. The van der Waals surface area contributed by atoms with E-state index in [0.717, 1.165) is 55.0 Å². The van der Waals surface area contributed by atoms with Crippen LogP contribution in [0.2, 0.25) is 0 Å². The fourth-order valence-corrected chi connectivity index (χ4v) is 6.08. The molecule has 0 radical (unpaired) electrons. The van der Waals surface area contributed by atoms with Crippen molar-refractivity contribution in [1.29, 1.82) is 0 Å². The van der Waals surface area contributed by atoms with E-state index < -0.39 is 79.4 Å². The van der Waals surface area contributed by atoms with E-state index in [1.807, 2.05) is 0 Å². The third-order valence-corrected chi connectivity index (χ3v) is 9.08. The van der Waals surface area contributed by atoms with E-state index in [0.29, 0.717) is 0 Å². The quantitative estimate of drug-likeness (QED) is 0.0395. The van der Waals surface area contributed by atoms with E-state index in [1.165, 1.54) is 54.6 Å². The van der Waals surface area contributed by atoms with Crippen LogP contribution in [-0.4, -0.2) is 75.2 Å². The first-order valence-electron chi connectivity index (χ1n) is 13.6. The van der Waals surface area contributed by atoms with Gasteiger partial charge >= 0.3 is 88.7 Å². The summed E-state index contributed by atoms with van der Waals surface area (Å²) in [5.41, 5.74) is -1.69. The first kappa shape index (κ1) is 49.0. The number of hydrogen-bond acceptors (Lipinski definition) is 15. The van der Waals surface area contributed by atoms with E-state index >= 15 is 0 Å². The van der Waals surface area contributed by atoms with Gasteiger partial charge in [-0.2, -0.15) is 55.9 Å². The van der Waals surface area contributed by atoms with Gasteiger partial charge in [-0.15, -0.1) is 0 Å². The molecule has 0 saturated carbocycles. The van der Waals surface area contributed by atoms with Crippen molar-refractivity contribution in [2.75, 3.05) is 0 Å². The molecule has 3 N–H and O–H groups in total. The normalized spacial score (nSPS) is 13.1. The molecule has 24 heteroatoms. The van der Waals surface area contributed by atoms with E-state index in [4.69, 9.17) is 0 Å². The van der Waals surface area contributed by atoms with Gasteiger partial charge in [-0.05, 0) is 53.1 Å². The van der Waals surface area contributed by atoms with Crippen molar-refractivity contribution in [1.82, 2.24) is 0 Å². The Balaban J connectivity index is 0.00000486. The zero-order valence-electron chi connectivity index (χ0n) is 28.3. The van der Waals surface area contributed by atoms with Crippen LogP contribution in [0.4, 0.5) is 0 Å². The van der Waals surface area contributed by atoms with Crippen LogP contribution in [0, 0.1) is 0 Å². The summed E-state index contributed by atoms with van der Waals surface area (Å²) in [6, 6.07) is 18.1. The van der Waals surface area contributed by atoms with Crippen molar-refractivity contribution in [3.05, 3.63) is 124 Å². The predicted molar refractivity (Wildman–Crippen MR) is 178 cm³/mol. The van der Waals surface area contributed by atoms with Gasteiger partial charge in [0.05, 0.1) is 18.6 Å². The first-order valence-corrected chi connectivity index (χ1v) is 18.0. The molecule has 0 fully saturated rings. The maximum absolute atomic E-state index is 13.0. The zero-order chi connectivity index (χ0) is 37.4. The fraction of sp³-hybridized carbons (Fsp3) is 0. The molecule has 4 aromatic rings. The molecule has 4 rings (SSSR count). The SMILES string of the molecule is O=S(=O)(O)c1ccccc1/C=N\N=C([O-])c1cc(C([O-])=N/N=C\c2ccccc2S(=O)(=O)O)cc(C([O-])=N/N=C\c2ccccc2S(=O)(=O)O)c1.[Na+].[Na+].[Na+]. The Morgan fingerprint density at radius 2 is 0.667 bits per heavy atom. The molecule has 0 aliphatic rings. The Kier molecular flexibility index (Phi) is 19.4. The van der Waals surface area contributed by atoms with Gasteiger partial charge < -0.3 is 15.3 Å². The molecule has 54 heavy (non-hydrogen) atoms. The van der Waals surface area contributed by atoms with Crippen LogP contribution in [0.3, 0.4) is 0 Å². The van der Waals surface area contributed by atoms with Crippen molar-refractivity contribution < 1.29 is 143 Å². The van der Waals surface area contributed by atoms with Gasteiger partial charge in [0.25, 0.3) is 30.4 Å². The predicted octanol–water partition coefficient (Wildman–Crippen LogP) is -9.14. The van der Waals surface area contributed by atoms with Crippen LogP contribution in [-0.2, 0) is 30.4 Å². The smallest absolute Gasteiger partial charge is 0.857 e. The van der Waals surface area contributed by atoms with Gasteiger partial charge in [0.2, 0.25) is 0 Å². The summed E-state index contributed by atoms with van der Waals surface area (Å²) in [7, 11) is -14.0. The third kappa shape index (κ3) is 14.0. The van der Waals surface area contributed by atoms with Crippen molar-refractivity contribution in [2.45, 2.75) is 14.7 Å². The summed E-state index contributed by atoms with van der Waals surface area (Å²) in [4.78, 5) is -1.58. The summed E-state index contributed by atoms with van der Waals surface area (Å²) >= 11 is 0. The van der Waals surface area contributed by atoms with Gasteiger partial charge in [0.15, 0.2) is 0 Å². The molecule has 0 aromatic heterocycles. The molecule has 0 amide bonds. The van der Waals surface area contributed by atoms with Crippen LogP contribution in [0.25, 0.3) is 0 Å². The van der Waals surface area contributed by atoms with E-state index in [1.54, 1.807) is 0 Å². The minimum atomic E-state index is -4.66. The average molecular weight is 823 g/mol. The van der Waals surface area contributed by atoms with Gasteiger partial charge in [-0.1, -0.05) is 54.6 Å². The largest absolute Gasteiger partial charge is 1.00 e. The van der Waals surface area contributed by atoms with E-state index in [9.17, 15) is 54.2 Å². The minimum absolute atomic E-state index is 0. The number of rotatable bonds is 12. The second kappa shape index (κ2) is 21.4. The monoisotopic (exact) mass is 822 g/mol. The molecule has 4 aromatic carbocycles. The summed E-state index contributed by atoms with van der Waals surface area (Å²) < 4.78 is 98.0. The van der Waals surface area contributed by atoms with Gasteiger partial charge in [0.1, 0.15) is 14.7 Å². The molecule has 0 unspecified atom stereocenters. The second-order valence-electron chi connectivity index (χ2n) is 9.79. The van der Waals surface area contributed by atoms with Crippen LogP contribution >= 0.6 is 0 Å². The molecule has 0 saturated heterocycles. The molecule has 0 aliphatic heterocycles. The molecule has 0 spiro atoms. The fourth-order valence-electron chi connectivity index (χ4n) is 4.07. The maximum Gasteiger partial charge on any atom is 1.00 e. The molecule has 264 valence electrons. The number of nitrogens with zero attached hydrogens (tertiary/aromatic N) is 6. The van der Waals surface area contributed by atoms with Crippen molar-refractivity contribution in [3.63, 3.8) is 0 Å². The molecular weight excluding hydrogens is 802 g/mol. The van der Waals surface area contributed by atoms with Crippen LogP contribution in [0.15, 0.2) is 136 Å². The zero-order valence-corrected chi connectivity index (χ0v) is 36.8. The van der Waals surface area contributed by atoms with Crippen molar-refractivity contribution in [2.24, 2.45) is 30.6 Å². The van der Waals surface area contributed by atoms with E-state index in [2.05, 4.69) is 30.6 Å². The second-order valence-corrected chi connectivity index (χ2v) is 14.0. The van der Waals surface area contributed by atoms with Gasteiger partial charge in [-0.25, -0.2) is 0 Å². The Morgan fingerprint density at radius 1 is 0.444 bits per heavy atom. The average Bonchev–Trinajstić information content (AvgIpc) is 3.07. The Labute approximate surface area is 375 Å². The molecule has 18 nitrogen and oxygen atoms in total. The summed E-state index contributed by atoms with van der Waals surface area (Å²) in [5.74, 6) is -3.47. The molecule has 0 heterocycles. The molecule has 0 aliphatic carbocycles. The van der Waals surface area contributed by atoms with Gasteiger partial charge in [-0.3, -0.25) is 13.7 Å². The van der Waals surface area contributed by atoms with Crippen LogP contribution in [0.5, 0.6) is 0 Å². The summed E-state index contributed by atoms with van der Waals surface area (Å²) in [6.07, 6.45) is 2.56. The van der Waals surface area contributed by atoms with Crippen molar-refractivity contribution >= 4 is 66.7 Å². The first-order chi connectivity index (χ1) is 23.9. The van der Waals surface area contributed by atoms with E-state index in [-0.39, 0.29) is 105 Å². The van der Waals surface area contributed by atoms with Crippen LogP contribution < -0.4 is 104 Å².